The molecule has 0 saturated heterocycles. The maximum absolute atomic E-state index is 12.6. The number of hydrogen-bond donors (Lipinski definition) is 0. The van der Waals surface area contributed by atoms with Crippen molar-refractivity contribution in [2.45, 2.75) is 27.0 Å². The summed E-state index contributed by atoms with van der Waals surface area (Å²) in [6, 6.07) is 8.91. The molecule has 0 bridgehead atoms. The Morgan fingerprint density at radius 2 is 1.76 bits per heavy atom. The fourth-order valence-electron chi connectivity index (χ4n) is 1.81. The molecule has 112 valence electrons. The highest BCUT2D eigenvalue weighted by molar-refractivity contribution is 5.86. The van der Waals surface area contributed by atoms with Gasteiger partial charge in [-0.2, -0.15) is 4.98 Å². The number of carbonyl (C=O) groups excluding carboxylic acids is 1. The van der Waals surface area contributed by atoms with Gasteiger partial charge in [0.1, 0.15) is 0 Å². The van der Waals surface area contributed by atoms with E-state index in [4.69, 9.17) is 9.47 Å². The van der Waals surface area contributed by atoms with Gasteiger partial charge in [0.05, 0.1) is 7.11 Å². The molecule has 5 nitrogen and oxygen atoms in total. The average Bonchev–Trinajstić information content (AvgIpc) is 2.97. The van der Waals surface area contributed by atoms with Crippen molar-refractivity contribution < 1.29 is 14.3 Å². The molecule has 0 amide bonds. The minimum absolute atomic E-state index is 0.0247. The maximum Gasteiger partial charge on any atom is 0.237 e. The van der Waals surface area contributed by atoms with E-state index in [0.29, 0.717) is 11.8 Å². The third-order valence-corrected chi connectivity index (χ3v) is 3.00. The first kappa shape index (κ1) is 15.1. The van der Waals surface area contributed by atoms with Gasteiger partial charge < -0.3 is 14.0 Å². The van der Waals surface area contributed by atoms with Crippen molar-refractivity contribution in [1.29, 1.82) is 0 Å². The van der Waals surface area contributed by atoms with Crippen LogP contribution < -0.4 is 9.47 Å². The van der Waals surface area contributed by atoms with Gasteiger partial charge in [-0.25, -0.2) is 0 Å². The Kier molecular flexibility index (Phi) is 4.31. The summed E-state index contributed by atoms with van der Waals surface area (Å²) in [6.07, 6.45) is 2.85. The maximum atomic E-state index is 12.6. The van der Waals surface area contributed by atoms with Gasteiger partial charge in [0.25, 0.3) is 0 Å². The van der Waals surface area contributed by atoms with Gasteiger partial charge in [-0.05, 0) is 12.1 Å². The van der Waals surface area contributed by atoms with Gasteiger partial charge in [-0.1, -0.05) is 26.8 Å². The van der Waals surface area contributed by atoms with Crippen molar-refractivity contribution in [1.82, 2.24) is 9.55 Å². The molecule has 0 N–H and O–H groups in total. The molecule has 2 aromatic rings. The van der Waals surface area contributed by atoms with Gasteiger partial charge in [0.15, 0.2) is 5.78 Å². The van der Waals surface area contributed by atoms with Crippen molar-refractivity contribution in [3.05, 3.63) is 42.7 Å². The number of pyridine rings is 1. The lowest BCUT2D eigenvalue weighted by Crippen LogP contribution is -2.33. The molecule has 2 heterocycles. The van der Waals surface area contributed by atoms with Crippen molar-refractivity contribution in [2.75, 3.05) is 7.11 Å². The second-order valence-electron chi connectivity index (χ2n) is 5.73. The van der Waals surface area contributed by atoms with Crippen LogP contribution in [-0.4, -0.2) is 22.4 Å². The Morgan fingerprint density at radius 1 is 1.14 bits per heavy atom. The quantitative estimate of drug-likeness (QED) is 0.848. The van der Waals surface area contributed by atoms with Gasteiger partial charge in [-0.15, -0.1) is 0 Å². The van der Waals surface area contributed by atoms with E-state index in [0.717, 1.165) is 0 Å². The summed E-state index contributed by atoms with van der Waals surface area (Å²) in [5.74, 6) is 0.774. The number of ether oxygens (including phenoxy) is 2. The summed E-state index contributed by atoms with van der Waals surface area (Å²) in [7, 11) is 1.54. The molecule has 0 saturated carbocycles. The summed E-state index contributed by atoms with van der Waals surface area (Å²) in [5, 5.41) is 0. The summed E-state index contributed by atoms with van der Waals surface area (Å²) in [5.41, 5.74) is -0.520. The molecule has 0 aliphatic heterocycles. The van der Waals surface area contributed by atoms with E-state index >= 15 is 0 Å². The lowest BCUT2D eigenvalue weighted by Gasteiger charge is -2.26. The van der Waals surface area contributed by atoms with E-state index in [-0.39, 0.29) is 5.78 Å². The Labute approximate surface area is 124 Å². The van der Waals surface area contributed by atoms with E-state index in [1.54, 1.807) is 35.2 Å². The normalized spacial score (nSPS) is 12.8. The molecule has 0 aromatic carbocycles. The molecule has 0 aliphatic carbocycles. The molecule has 2 aromatic heterocycles. The first-order valence-electron chi connectivity index (χ1n) is 6.76. The zero-order valence-corrected chi connectivity index (χ0v) is 12.7. The predicted molar refractivity (Wildman–Crippen MR) is 79.3 cm³/mol. The van der Waals surface area contributed by atoms with E-state index in [2.05, 4.69) is 4.98 Å². The third-order valence-electron chi connectivity index (χ3n) is 3.00. The number of hydrogen-bond acceptors (Lipinski definition) is 4. The van der Waals surface area contributed by atoms with Crippen LogP contribution in [0.2, 0.25) is 0 Å². The Hall–Kier alpha value is -2.30. The first-order chi connectivity index (χ1) is 9.91. The van der Waals surface area contributed by atoms with Crippen LogP contribution in [0.3, 0.4) is 0 Å². The molecule has 5 heteroatoms. The average molecular weight is 288 g/mol. The number of aromatic nitrogens is 2. The molecule has 21 heavy (non-hydrogen) atoms. The molecule has 2 rings (SSSR count). The van der Waals surface area contributed by atoms with Crippen LogP contribution in [0.15, 0.2) is 42.7 Å². The van der Waals surface area contributed by atoms with Crippen molar-refractivity contribution in [3.8, 4) is 11.8 Å². The number of nitrogens with zero attached hydrogens (tertiary/aromatic N) is 2. The van der Waals surface area contributed by atoms with E-state index in [9.17, 15) is 4.79 Å². The third kappa shape index (κ3) is 3.62. The molecule has 0 aliphatic rings. The van der Waals surface area contributed by atoms with Gasteiger partial charge in [0.2, 0.25) is 18.0 Å². The first-order valence-corrected chi connectivity index (χ1v) is 6.76. The minimum atomic E-state index is -0.750. The number of methoxy groups -OCH3 is 1. The standard InChI is InChI=1S/C16H20N2O3/c1-16(2,3)14(19)15(18-10-5-6-11-18)21-13-9-7-8-12(17-13)20-4/h5-11,15H,1-4H3. The fraction of sp³-hybridized carbons (Fsp3) is 0.375. The number of carbonyl (C=O) groups is 1. The fourth-order valence-corrected chi connectivity index (χ4v) is 1.81. The smallest absolute Gasteiger partial charge is 0.237 e. The van der Waals surface area contributed by atoms with E-state index in [1.807, 2.05) is 32.9 Å². The lowest BCUT2D eigenvalue weighted by molar-refractivity contribution is -0.137. The van der Waals surface area contributed by atoms with Gasteiger partial charge >= 0.3 is 0 Å². The second-order valence-corrected chi connectivity index (χ2v) is 5.73. The van der Waals surface area contributed by atoms with E-state index in [1.165, 1.54) is 7.11 Å². The number of rotatable bonds is 5. The Bertz CT molecular complexity index is 600. The lowest BCUT2D eigenvalue weighted by atomic mass is 9.89. The van der Waals surface area contributed by atoms with Crippen LogP contribution in [0.4, 0.5) is 0 Å². The largest absolute Gasteiger partial charge is 0.481 e. The molecule has 0 radical (unpaired) electrons. The number of ketones is 1. The van der Waals surface area contributed by atoms with Crippen molar-refractivity contribution >= 4 is 5.78 Å². The Balaban J connectivity index is 2.30. The molecule has 0 spiro atoms. The van der Waals surface area contributed by atoms with Crippen LogP contribution in [0, 0.1) is 5.41 Å². The summed E-state index contributed by atoms with van der Waals surface area (Å²) in [6.45, 7) is 5.61. The van der Waals surface area contributed by atoms with Gasteiger partial charge in [-0.3, -0.25) is 4.79 Å². The molecular weight excluding hydrogens is 268 g/mol. The highest BCUT2D eigenvalue weighted by Crippen LogP contribution is 2.26. The molecule has 1 unspecified atom stereocenters. The van der Waals surface area contributed by atoms with E-state index < -0.39 is 11.6 Å². The van der Waals surface area contributed by atoms with Crippen molar-refractivity contribution in [2.24, 2.45) is 5.41 Å². The van der Waals surface area contributed by atoms with Crippen LogP contribution in [-0.2, 0) is 4.79 Å². The topological polar surface area (TPSA) is 53.4 Å². The highest BCUT2D eigenvalue weighted by Gasteiger charge is 2.32. The summed E-state index contributed by atoms with van der Waals surface area (Å²) in [4.78, 5) is 16.8. The van der Waals surface area contributed by atoms with Crippen LogP contribution in [0.1, 0.15) is 27.0 Å². The molecule has 1 atom stereocenters. The second kappa shape index (κ2) is 5.99. The number of Topliss-reactive ketones (excluding diaryl/α,β-unsaturated/α-hetero) is 1. The summed E-state index contributed by atoms with van der Waals surface area (Å²) < 4.78 is 12.6. The minimum Gasteiger partial charge on any atom is -0.481 e. The molecule has 0 fully saturated rings. The van der Waals surface area contributed by atoms with Gasteiger partial charge in [0, 0.05) is 29.9 Å². The zero-order valence-electron chi connectivity index (χ0n) is 12.7. The van der Waals surface area contributed by atoms with Crippen molar-refractivity contribution in [3.63, 3.8) is 0 Å². The highest BCUT2D eigenvalue weighted by atomic mass is 16.5. The Morgan fingerprint density at radius 3 is 2.33 bits per heavy atom. The van der Waals surface area contributed by atoms with Crippen LogP contribution in [0.5, 0.6) is 11.8 Å². The predicted octanol–water partition coefficient (Wildman–Crippen LogP) is 3.08. The van der Waals surface area contributed by atoms with Crippen LogP contribution in [0.25, 0.3) is 0 Å². The van der Waals surface area contributed by atoms with Crippen LogP contribution >= 0.6 is 0 Å². The summed E-state index contributed by atoms with van der Waals surface area (Å²) >= 11 is 0. The SMILES string of the molecule is COc1cccc(OC(C(=O)C(C)(C)C)n2cccc2)n1. The monoisotopic (exact) mass is 288 g/mol. The molecular formula is C16H20N2O3. The zero-order chi connectivity index (χ0) is 15.5.